The monoisotopic (exact) mass is 223 g/mol. The van der Waals surface area contributed by atoms with Crippen LogP contribution in [0, 0.1) is 6.92 Å². The van der Waals surface area contributed by atoms with Crippen LogP contribution < -0.4 is 0 Å². The van der Waals surface area contributed by atoms with Crippen molar-refractivity contribution in [2.45, 2.75) is 18.7 Å². The number of thioether (sulfide) groups is 1. The smallest absolute Gasteiger partial charge is 0.330 e. The van der Waals surface area contributed by atoms with Crippen LogP contribution in [0.3, 0.4) is 0 Å². The molecule has 0 aliphatic rings. The van der Waals surface area contributed by atoms with Crippen LogP contribution in [0.5, 0.6) is 0 Å². The first-order valence-electron chi connectivity index (χ1n) is 4.73. The maximum atomic E-state index is 11.1. The molecule has 15 heavy (non-hydrogen) atoms. The maximum Gasteiger partial charge on any atom is 0.330 e. The van der Waals surface area contributed by atoms with Crippen LogP contribution in [-0.2, 0) is 9.84 Å². The lowest BCUT2D eigenvalue weighted by atomic mass is 10.2. The standard InChI is InChI=1S/C12H15O2S/c1-9-4-6-11(7-5-9)15-8-10(2)12(13)14-3/h4-7H,8H2,1-3H3. The zero-order valence-corrected chi connectivity index (χ0v) is 10.1. The molecule has 0 fully saturated rings. The molecule has 2 nitrogen and oxygen atoms in total. The normalized spacial score (nSPS) is 12.2. The predicted octanol–water partition coefficient (Wildman–Crippen LogP) is 3.40. The van der Waals surface area contributed by atoms with Crippen LogP contribution in [0.25, 0.3) is 0 Å². The first-order valence-corrected chi connectivity index (χ1v) is 5.72. The summed E-state index contributed by atoms with van der Waals surface area (Å²) in [4.78, 5) is 1.17. The van der Waals surface area contributed by atoms with Gasteiger partial charge in [-0.1, -0.05) is 17.7 Å². The Bertz CT molecular complexity index is 341. The Balaban J connectivity index is 2.54. The highest BCUT2D eigenvalue weighted by molar-refractivity contribution is 7.99. The van der Waals surface area contributed by atoms with E-state index in [1.807, 2.05) is 0 Å². The second kappa shape index (κ2) is 5.71. The summed E-state index contributed by atoms with van der Waals surface area (Å²) < 4.78 is 4.63. The van der Waals surface area contributed by atoms with E-state index in [4.69, 9.17) is 0 Å². The average molecular weight is 223 g/mol. The lowest BCUT2D eigenvalue weighted by Crippen LogP contribution is -1.91. The van der Waals surface area contributed by atoms with E-state index in [1.54, 1.807) is 18.7 Å². The molecule has 0 saturated heterocycles. The number of methoxy groups -OCH3 is 1. The Morgan fingerprint density at radius 1 is 1.33 bits per heavy atom. The summed E-state index contributed by atoms with van der Waals surface area (Å²) in [5.41, 5.74) is 1.98. The highest BCUT2D eigenvalue weighted by atomic mass is 32.2. The van der Waals surface area contributed by atoms with Crippen molar-refractivity contribution in [1.82, 2.24) is 0 Å². The fourth-order valence-corrected chi connectivity index (χ4v) is 1.89. The minimum atomic E-state index is -0.227. The van der Waals surface area contributed by atoms with Crippen LogP contribution in [0.2, 0.25) is 0 Å². The van der Waals surface area contributed by atoms with E-state index in [2.05, 4.69) is 35.9 Å². The van der Waals surface area contributed by atoms with Gasteiger partial charge >= 0.3 is 5.95 Å². The molecule has 1 aromatic carbocycles. The van der Waals surface area contributed by atoms with Gasteiger partial charge < -0.3 is 4.74 Å². The van der Waals surface area contributed by atoms with Crippen LogP contribution in [0.1, 0.15) is 12.5 Å². The van der Waals surface area contributed by atoms with Crippen molar-refractivity contribution >= 4 is 11.8 Å². The second-order valence-corrected chi connectivity index (χ2v) is 4.42. The number of ether oxygens (including phenoxy) is 1. The van der Waals surface area contributed by atoms with Crippen molar-refractivity contribution in [2.75, 3.05) is 12.9 Å². The molecule has 0 unspecified atom stereocenters. The molecule has 81 valence electrons. The van der Waals surface area contributed by atoms with Crippen molar-refractivity contribution in [1.29, 1.82) is 0 Å². The topological polar surface area (TPSA) is 29.1 Å². The summed E-state index contributed by atoms with van der Waals surface area (Å²) in [6.45, 7) is 3.85. The molecule has 0 N–H and O–H groups in total. The van der Waals surface area contributed by atoms with Crippen LogP contribution in [0.15, 0.2) is 40.7 Å². The van der Waals surface area contributed by atoms with Crippen molar-refractivity contribution in [3.8, 4) is 0 Å². The second-order valence-electron chi connectivity index (χ2n) is 3.37. The summed E-state index contributed by atoms with van der Waals surface area (Å²) in [6, 6.07) is 8.25. The van der Waals surface area contributed by atoms with E-state index in [1.165, 1.54) is 17.6 Å². The zero-order valence-electron chi connectivity index (χ0n) is 9.24. The molecular weight excluding hydrogens is 208 g/mol. The molecule has 3 heteroatoms. The van der Waals surface area contributed by atoms with E-state index < -0.39 is 0 Å². The largest absolute Gasteiger partial charge is 0.466 e. The number of hydrogen-bond donors (Lipinski definition) is 0. The minimum Gasteiger partial charge on any atom is -0.466 e. The van der Waals surface area contributed by atoms with Gasteiger partial charge in [0.05, 0.1) is 7.11 Å². The Labute approximate surface area is 95.0 Å². The third kappa shape index (κ3) is 3.88. The molecule has 0 spiro atoms. The SMILES string of the molecule is COC([O])=C(C)CSc1ccc(C)cc1. The van der Waals surface area contributed by atoms with E-state index in [9.17, 15) is 5.11 Å². The molecular formula is C12H15O2S. The molecule has 0 amide bonds. The number of aryl methyl sites for hydroxylation is 1. The fraction of sp³-hybridized carbons (Fsp3) is 0.333. The summed E-state index contributed by atoms with van der Waals surface area (Å²) in [7, 11) is 1.41. The van der Waals surface area contributed by atoms with Gasteiger partial charge in [0, 0.05) is 16.2 Å². The van der Waals surface area contributed by atoms with Gasteiger partial charge in [0.25, 0.3) is 0 Å². The van der Waals surface area contributed by atoms with E-state index >= 15 is 0 Å². The van der Waals surface area contributed by atoms with Gasteiger partial charge in [0.2, 0.25) is 0 Å². The number of rotatable bonds is 4. The summed E-state index contributed by atoms with van der Waals surface area (Å²) >= 11 is 1.64. The molecule has 1 radical (unpaired) electrons. The van der Waals surface area contributed by atoms with E-state index in [0.717, 1.165) is 5.57 Å². The number of hydrogen-bond acceptors (Lipinski definition) is 2. The minimum absolute atomic E-state index is 0.227. The van der Waals surface area contributed by atoms with Crippen LogP contribution in [-0.4, -0.2) is 12.9 Å². The third-order valence-corrected chi connectivity index (χ3v) is 3.19. The van der Waals surface area contributed by atoms with Crippen molar-refractivity contribution in [3.63, 3.8) is 0 Å². The van der Waals surface area contributed by atoms with Gasteiger partial charge in [0.15, 0.2) is 0 Å². The fourth-order valence-electron chi connectivity index (χ4n) is 1.06. The quantitative estimate of drug-likeness (QED) is 0.578. The Hall–Kier alpha value is -1.09. The molecule has 1 aromatic rings. The average Bonchev–Trinajstić information content (AvgIpc) is 2.26. The van der Waals surface area contributed by atoms with Gasteiger partial charge in [-0.2, -0.15) is 0 Å². The third-order valence-electron chi connectivity index (χ3n) is 2.01. The van der Waals surface area contributed by atoms with E-state index in [0.29, 0.717) is 5.75 Å². The van der Waals surface area contributed by atoms with E-state index in [-0.39, 0.29) is 5.95 Å². The molecule has 0 aliphatic heterocycles. The molecule has 1 rings (SSSR count). The summed E-state index contributed by atoms with van der Waals surface area (Å²) in [6.07, 6.45) is 0. The highest BCUT2D eigenvalue weighted by Gasteiger charge is 2.03. The first-order chi connectivity index (χ1) is 7.13. The lowest BCUT2D eigenvalue weighted by Gasteiger charge is -2.03. The Morgan fingerprint density at radius 2 is 1.93 bits per heavy atom. The Kier molecular flexibility index (Phi) is 4.56. The molecule has 0 bridgehead atoms. The van der Waals surface area contributed by atoms with Gasteiger partial charge in [-0.05, 0) is 26.0 Å². The molecule has 0 saturated carbocycles. The van der Waals surface area contributed by atoms with Crippen LogP contribution in [0.4, 0.5) is 0 Å². The van der Waals surface area contributed by atoms with Gasteiger partial charge in [-0.15, -0.1) is 11.8 Å². The zero-order chi connectivity index (χ0) is 11.3. The molecule has 0 atom stereocenters. The molecule has 0 heterocycles. The highest BCUT2D eigenvalue weighted by Crippen LogP contribution is 2.21. The Morgan fingerprint density at radius 3 is 2.47 bits per heavy atom. The van der Waals surface area contributed by atoms with Gasteiger partial charge in [-0.25, -0.2) is 5.11 Å². The maximum absolute atomic E-state index is 11.1. The predicted molar refractivity (Wildman–Crippen MR) is 62.3 cm³/mol. The van der Waals surface area contributed by atoms with Gasteiger partial charge in [-0.3, -0.25) is 0 Å². The molecule has 0 aliphatic carbocycles. The first kappa shape index (κ1) is 12.0. The van der Waals surface area contributed by atoms with Crippen molar-refractivity contribution in [3.05, 3.63) is 41.3 Å². The van der Waals surface area contributed by atoms with Gasteiger partial charge in [0.1, 0.15) is 0 Å². The summed E-state index contributed by atoms with van der Waals surface area (Å²) in [5.74, 6) is 0.449. The van der Waals surface area contributed by atoms with Crippen molar-refractivity contribution < 1.29 is 9.84 Å². The lowest BCUT2D eigenvalue weighted by molar-refractivity contribution is 0.0821. The molecule has 0 aromatic heterocycles. The van der Waals surface area contributed by atoms with Crippen LogP contribution >= 0.6 is 11.8 Å². The van der Waals surface area contributed by atoms with Crippen molar-refractivity contribution in [2.24, 2.45) is 0 Å². The summed E-state index contributed by atoms with van der Waals surface area (Å²) in [5, 5.41) is 11.1. The number of benzene rings is 1.